The number of rotatable bonds is 7. The van der Waals surface area contributed by atoms with Crippen LogP contribution in [0.1, 0.15) is 53.2 Å². The van der Waals surface area contributed by atoms with E-state index < -0.39 is 0 Å². The number of hydrogen-bond donors (Lipinski definition) is 2. The molecule has 0 radical (unpaired) electrons. The molecule has 2 N–H and O–H groups in total. The van der Waals surface area contributed by atoms with E-state index in [0.29, 0.717) is 6.54 Å². The molecule has 1 aliphatic rings. The number of hydrogen-bond acceptors (Lipinski definition) is 3. The van der Waals surface area contributed by atoms with Crippen LogP contribution in [-0.4, -0.2) is 24.2 Å². The van der Waals surface area contributed by atoms with Gasteiger partial charge >= 0.3 is 0 Å². The van der Waals surface area contributed by atoms with E-state index in [0.717, 1.165) is 37.0 Å². The highest BCUT2D eigenvalue weighted by Gasteiger charge is 2.42. The Balaban J connectivity index is 1.98. The third-order valence-corrected chi connectivity index (χ3v) is 5.13. The van der Waals surface area contributed by atoms with Crippen LogP contribution in [0, 0.1) is 5.41 Å². The summed E-state index contributed by atoms with van der Waals surface area (Å²) in [5, 5.41) is 12.2. The lowest BCUT2D eigenvalue weighted by molar-refractivity contribution is 0.0939. The van der Waals surface area contributed by atoms with Crippen LogP contribution >= 0.6 is 11.3 Å². The summed E-state index contributed by atoms with van der Waals surface area (Å²) in [4.78, 5) is 14.3. The predicted molar refractivity (Wildman–Crippen MR) is 78.8 cm³/mol. The van der Waals surface area contributed by atoms with Crippen molar-refractivity contribution in [3.63, 3.8) is 0 Å². The van der Waals surface area contributed by atoms with Gasteiger partial charge in [0, 0.05) is 16.8 Å². The zero-order chi connectivity index (χ0) is 13.9. The average molecular weight is 281 g/mol. The molecule has 3 nitrogen and oxygen atoms in total. The lowest BCUT2D eigenvalue weighted by Gasteiger charge is -2.11. The van der Waals surface area contributed by atoms with Crippen molar-refractivity contribution in [3.05, 3.63) is 21.4 Å². The van der Waals surface area contributed by atoms with Gasteiger partial charge in [-0.05, 0) is 37.3 Å². The molecule has 4 heteroatoms. The Morgan fingerprint density at radius 2 is 2.21 bits per heavy atom. The largest absolute Gasteiger partial charge is 0.396 e. The van der Waals surface area contributed by atoms with Crippen LogP contribution in [0.3, 0.4) is 0 Å². The van der Waals surface area contributed by atoms with E-state index in [2.05, 4.69) is 19.2 Å². The van der Waals surface area contributed by atoms with E-state index in [1.54, 1.807) is 11.3 Å². The number of carbonyl (C=O) groups excluding carboxylic acids is 1. The van der Waals surface area contributed by atoms with E-state index in [4.69, 9.17) is 0 Å². The molecule has 0 aromatic carbocycles. The van der Waals surface area contributed by atoms with E-state index in [1.807, 2.05) is 6.07 Å². The van der Waals surface area contributed by atoms with Crippen LogP contribution < -0.4 is 5.32 Å². The predicted octanol–water partition coefficient (Wildman–Crippen LogP) is 2.77. The van der Waals surface area contributed by atoms with Gasteiger partial charge in [0.1, 0.15) is 0 Å². The van der Waals surface area contributed by atoms with Gasteiger partial charge in [-0.3, -0.25) is 4.79 Å². The molecule has 2 rings (SSSR count). The molecule has 0 atom stereocenters. The minimum Gasteiger partial charge on any atom is -0.396 e. The van der Waals surface area contributed by atoms with Gasteiger partial charge in [0.15, 0.2) is 0 Å². The maximum atomic E-state index is 12.1. The monoisotopic (exact) mass is 281 g/mol. The Hall–Kier alpha value is -0.870. The molecule has 0 bridgehead atoms. The van der Waals surface area contributed by atoms with Gasteiger partial charge in [-0.25, -0.2) is 0 Å². The smallest absolute Gasteiger partial charge is 0.261 e. The number of carbonyl (C=O) groups is 1. The van der Waals surface area contributed by atoms with Gasteiger partial charge in [0.05, 0.1) is 11.5 Å². The zero-order valence-corrected chi connectivity index (χ0v) is 12.6. The maximum Gasteiger partial charge on any atom is 0.261 e. The fourth-order valence-electron chi connectivity index (χ4n) is 2.24. The summed E-state index contributed by atoms with van der Waals surface area (Å²) in [7, 11) is 0. The standard InChI is InChI=1S/C15H23NO2S/c1-3-5-12-11(4-2)8-13(19-12)14(18)16-9-15(10-17)6-7-15/h8,17H,3-7,9-10H2,1-2H3,(H,16,18). The summed E-state index contributed by atoms with van der Waals surface area (Å²) in [6.07, 6.45) is 5.20. The van der Waals surface area contributed by atoms with E-state index >= 15 is 0 Å². The second-order valence-corrected chi connectivity index (χ2v) is 6.64. The summed E-state index contributed by atoms with van der Waals surface area (Å²) in [5.74, 6) is 0.0155. The lowest BCUT2D eigenvalue weighted by Crippen LogP contribution is -2.31. The maximum absolute atomic E-state index is 12.1. The van der Waals surface area contributed by atoms with Crippen molar-refractivity contribution >= 4 is 17.2 Å². The van der Waals surface area contributed by atoms with E-state index in [1.165, 1.54) is 10.4 Å². The molecule has 1 fully saturated rings. The molecule has 1 heterocycles. The highest BCUT2D eigenvalue weighted by molar-refractivity contribution is 7.14. The van der Waals surface area contributed by atoms with Crippen molar-refractivity contribution < 1.29 is 9.90 Å². The third kappa shape index (κ3) is 3.37. The fourth-order valence-corrected chi connectivity index (χ4v) is 3.51. The molecule has 1 saturated carbocycles. The molecular formula is C15H23NO2S. The number of aliphatic hydroxyl groups is 1. The number of aryl methyl sites for hydroxylation is 2. The highest BCUT2D eigenvalue weighted by atomic mass is 32.1. The molecule has 1 aromatic heterocycles. The lowest BCUT2D eigenvalue weighted by atomic mass is 10.1. The molecule has 0 saturated heterocycles. The summed E-state index contributed by atoms with van der Waals surface area (Å²) >= 11 is 1.62. The SMILES string of the molecule is CCCc1sc(C(=O)NCC2(CO)CC2)cc1CC. The van der Waals surface area contributed by atoms with Crippen LogP contribution in [0.4, 0.5) is 0 Å². The van der Waals surface area contributed by atoms with Gasteiger partial charge in [0.2, 0.25) is 0 Å². The Labute approximate surface area is 119 Å². The molecular weight excluding hydrogens is 258 g/mol. The molecule has 0 aliphatic heterocycles. The normalized spacial score (nSPS) is 16.4. The van der Waals surface area contributed by atoms with Crippen molar-refractivity contribution in [1.29, 1.82) is 0 Å². The van der Waals surface area contributed by atoms with Gasteiger partial charge in [-0.2, -0.15) is 0 Å². The van der Waals surface area contributed by atoms with E-state index in [-0.39, 0.29) is 17.9 Å². The average Bonchev–Trinajstić information content (AvgIpc) is 3.10. The first-order valence-electron chi connectivity index (χ1n) is 7.15. The number of amides is 1. The fraction of sp³-hybridized carbons (Fsp3) is 0.667. The first-order valence-corrected chi connectivity index (χ1v) is 7.96. The molecule has 19 heavy (non-hydrogen) atoms. The third-order valence-electron chi connectivity index (χ3n) is 3.89. The van der Waals surface area contributed by atoms with Crippen molar-refractivity contribution in [2.24, 2.45) is 5.41 Å². The Morgan fingerprint density at radius 1 is 1.47 bits per heavy atom. The topological polar surface area (TPSA) is 49.3 Å². The van der Waals surface area contributed by atoms with Crippen molar-refractivity contribution in [1.82, 2.24) is 5.32 Å². The quantitative estimate of drug-likeness (QED) is 0.807. The van der Waals surface area contributed by atoms with Crippen molar-refractivity contribution in [3.8, 4) is 0 Å². The highest BCUT2D eigenvalue weighted by Crippen LogP contribution is 2.44. The number of thiophene rings is 1. The van der Waals surface area contributed by atoms with Crippen molar-refractivity contribution in [2.45, 2.75) is 46.0 Å². The number of nitrogens with one attached hydrogen (secondary N) is 1. The second-order valence-electron chi connectivity index (χ2n) is 5.50. The Morgan fingerprint density at radius 3 is 2.74 bits per heavy atom. The molecule has 106 valence electrons. The summed E-state index contributed by atoms with van der Waals surface area (Å²) in [6, 6.07) is 2.03. The van der Waals surface area contributed by atoms with Crippen LogP contribution in [-0.2, 0) is 12.8 Å². The first kappa shape index (κ1) is 14.5. The second kappa shape index (κ2) is 6.06. The summed E-state index contributed by atoms with van der Waals surface area (Å²) in [6.45, 7) is 5.08. The number of aliphatic hydroxyl groups excluding tert-OH is 1. The molecule has 1 aromatic rings. The zero-order valence-electron chi connectivity index (χ0n) is 11.8. The Kier molecular flexibility index (Phi) is 4.63. The molecule has 1 amide bonds. The minimum absolute atomic E-state index is 0.0155. The van der Waals surface area contributed by atoms with Crippen LogP contribution in [0.5, 0.6) is 0 Å². The van der Waals surface area contributed by atoms with Gasteiger partial charge in [-0.15, -0.1) is 11.3 Å². The van der Waals surface area contributed by atoms with Gasteiger partial charge < -0.3 is 10.4 Å². The molecule has 0 spiro atoms. The molecule has 0 unspecified atom stereocenters. The Bertz CT molecular complexity index is 449. The van der Waals surface area contributed by atoms with Crippen LogP contribution in [0.25, 0.3) is 0 Å². The summed E-state index contributed by atoms with van der Waals surface area (Å²) in [5.41, 5.74) is 1.28. The van der Waals surface area contributed by atoms with Crippen molar-refractivity contribution in [2.75, 3.05) is 13.2 Å². The first-order chi connectivity index (χ1) is 9.14. The van der Waals surface area contributed by atoms with Gasteiger partial charge in [0.25, 0.3) is 5.91 Å². The van der Waals surface area contributed by atoms with Crippen LogP contribution in [0.15, 0.2) is 6.07 Å². The van der Waals surface area contributed by atoms with E-state index in [9.17, 15) is 9.90 Å². The summed E-state index contributed by atoms with van der Waals surface area (Å²) < 4.78 is 0. The van der Waals surface area contributed by atoms with Gasteiger partial charge in [-0.1, -0.05) is 20.3 Å². The minimum atomic E-state index is -0.0211. The van der Waals surface area contributed by atoms with Crippen LogP contribution in [0.2, 0.25) is 0 Å². The molecule has 1 aliphatic carbocycles.